The number of pyridine rings is 1. The molecule has 0 spiro atoms. The van der Waals surface area contributed by atoms with Gasteiger partial charge in [0, 0.05) is 31.5 Å². The molecule has 0 bridgehead atoms. The molecule has 112 valence electrons. The minimum Gasteiger partial charge on any atom is -0.385 e. The summed E-state index contributed by atoms with van der Waals surface area (Å²) >= 11 is 0. The van der Waals surface area contributed by atoms with Gasteiger partial charge in [0.25, 0.3) is 5.91 Å². The van der Waals surface area contributed by atoms with E-state index in [1.165, 1.54) is 0 Å². The third-order valence-corrected chi connectivity index (χ3v) is 3.14. The van der Waals surface area contributed by atoms with Gasteiger partial charge in [0.05, 0.1) is 0 Å². The zero-order valence-corrected chi connectivity index (χ0v) is 13.0. The van der Waals surface area contributed by atoms with E-state index >= 15 is 0 Å². The molecule has 0 aliphatic carbocycles. The molecule has 20 heavy (non-hydrogen) atoms. The zero-order chi connectivity index (χ0) is 15.0. The first-order valence-corrected chi connectivity index (χ1v) is 7.22. The maximum absolute atomic E-state index is 12.2. The van der Waals surface area contributed by atoms with Crippen molar-refractivity contribution in [2.75, 3.05) is 45.6 Å². The van der Waals surface area contributed by atoms with Crippen molar-refractivity contribution in [1.82, 2.24) is 14.8 Å². The molecule has 5 heteroatoms. The van der Waals surface area contributed by atoms with E-state index in [1.54, 1.807) is 11.1 Å². The average molecular weight is 278 g/mol. The highest BCUT2D eigenvalue weighted by Gasteiger charge is 2.13. The lowest BCUT2D eigenvalue weighted by Crippen LogP contribution is -2.31. The van der Waals surface area contributed by atoms with Crippen LogP contribution in [0, 0.1) is 0 Å². The molecule has 5 nitrogen and oxygen atoms in total. The van der Waals surface area contributed by atoms with Crippen molar-refractivity contribution in [3.05, 3.63) is 24.0 Å². The number of hydrogen-bond donors (Lipinski definition) is 1. The van der Waals surface area contributed by atoms with E-state index in [0.717, 1.165) is 25.2 Å². The van der Waals surface area contributed by atoms with E-state index in [0.29, 0.717) is 18.8 Å². The standard InChI is InChI=1S/C15H26N4O/c1-5-19(6-2)15(20)14-12-13(8-10-17-14)16-9-7-11-18(3)4/h8,10,12H,5-7,9,11H2,1-4H3,(H,16,17). The van der Waals surface area contributed by atoms with E-state index in [4.69, 9.17) is 0 Å². The highest BCUT2D eigenvalue weighted by molar-refractivity contribution is 5.93. The van der Waals surface area contributed by atoms with E-state index in [-0.39, 0.29) is 5.91 Å². The van der Waals surface area contributed by atoms with Crippen molar-refractivity contribution in [1.29, 1.82) is 0 Å². The summed E-state index contributed by atoms with van der Waals surface area (Å²) in [5, 5.41) is 3.33. The van der Waals surface area contributed by atoms with Gasteiger partial charge in [0.15, 0.2) is 0 Å². The second-order valence-electron chi connectivity index (χ2n) is 4.99. The van der Waals surface area contributed by atoms with Gasteiger partial charge in [0.1, 0.15) is 5.69 Å². The molecular weight excluding hydrogens is 252 g/mol. The molecule has 1 aromatic rings. The Bertz CT molecular complexity index is 416. The average Bonchev–Trinajstić information content (AvgIpc) is 2.45. The predicted octanol–water partition coefficient (Wildman–Crippen LogP) is 1.93. The number of carbonyl (C=O) groups is 1. The van der Waals surface area contributed by atoms with Gasteiger partial charge in [-0.05, 0) is 53.0 Å². The topological polar surface area (TPSA) is 48.5 Å². The number of hydrogen-bond acceptors (Lipinski definition) is 4. The summed E-state index contributed by atoms with van der Waals surface area (Å²) in [7, 11) is 4.13. The number of carbonyl (C=O) groups excluding carboxylic acids is 1. The lowest BCUT2D eigenvalue weighted by molar-refractivity contribution is 0.0767. The smallest absolute Gasteiger partial charge is 0.272 e. The fourth-order valence-electron chi connectivity index (χ4n) is 1.96. The van der Waals surface area contributed by atoms with Gasteiger partial charge in [-0.25, -0.2) is 0 Å². The first kappa shape index (κ1) is 16.4. The summed E-state index contributed by atoms with van der Waals surface area (Å²) in [5.74, 6) is -0.00746. The maximum Gasteiger partial charge on any atom is 0.272 e. The van der Waals surface area contributed by atoms with Gasteiger partial charge in [-0.15, -0.1) is 0 Å². The Morgan fingerprint density at radius 2 is 2.00 bits per heavy atom. The molecule has 1 N–H and O–H groups in total. The molecule has 0 saturated heterocycles. The van der Waals surface area contributed by atoms with E-state index in [1.807, 2.05) is 26.0 Å². The van der Waals surface area contributed by atoms with E-state index < -0.39 is 0 Å². The van der Waals surface area contributed by atoms with Crippen molar-refractivity contribution in [2.24, 2.45) is 0 Å². The number of nitrogens with zero attached hydrogens (tertiary/aromatic N) is 3. The molecule has 0 fully saturated rings. The third kappa shape index (κ3) is 5.17. The van der Waals surface area contributed by atoms with Gasteiger partial charge in [-0.2, -0.15) is 0 Å². The fraction of sp³-hybridized carbons (Fsp3) is 0.600. The van der Waals surface area contributed by atoms with Crippen LogP contribution in [0.3, 0.4) is 0 Å². The Morgan fingerprint density at radius 1 is 1.30 bits per heavy atom. The quantitative estimate of drug-likeness (QED) is 0.738. The largest absolute Gasteiger partial charge is 0.385 e. The Balaban J connectivity index is 2.59. The second kappa shape index (κ2) is 8.53. The zero-order valence-electron chi connectivity index (χ0n) is 13.0. The van der Waals surface area contributed by atoms with Crippen LogP contribution in [0.4, 0.5) is 5.69 Å². The molecule has 0 aliphatic rings. The van der Waals surface area contributed by atoms with Crippen LogP contribution in [-0.4, -0.2) is 61.0 Å². The minimum atomic E-state index is -0.00746. The molecule has 0 aliphatic heterocycles. The predicted molar refractivity (Wildman–Crippen MR) is 83.1 cm³/mol. The molecule has 0 radical (unpaired) electrons. The normalized spacial score (nSPS) is 10.7. The summed E-state index contributed by atoms with van der Waals surface area (Å²) in [6.45, 7) is 7.30. The molecule has 0 atom stereocenters. The van der Waals surface area contributed by atoms with Crippen LogP contribution in [0.5, 0.6) is 0 Å². The maximum atomic E-state index is 12.2. The second-order valence-corrected chi connectivity index (χ2v) is 4.99. The summed E-state index contributed by atoms with van der Waals surface area (Å²) in [6, 6.07) is 3.73. The molecule has 1 rings (SSSR count). The van der Waals surface area contributed by atoms with Gasteiger partial charge in [-0.1, -0.05) is 0 Å². The van der Waals surface area contributed by atoms with Crippen molar-refractivity contribution < 1.29 is 4.79 Å². The lowest BCUT2D eigenvalue weighted by Gasteiger charge is -2.18. The summed E-state index contributed by atoms with van der Waals surface area (Å²) < 4.78 is 0. The Kier molecular flexibility index (Phi) is 7.01. The molecule has 0 aromatic carbocycles. The fourth-order valence-corrected chi connectivity index (χ4v) is 1.96. The molecular formula is C15H26N4O. The van der Waals surface area contributed by atoms with Gasteiger partial charge in [0.2, 0.25) is 0 Å². The van der Waals surface area contributed by atoms with Gasteiger partial charge >= 0.3 is 0 Å². The first-order valence-electron chi connectivity index (χ1n) is 7.22. The van der Waals surface area contributed by atoms with Crippen molar-refractivity contribution >= 4 is 11.6 Å². The molecule has 0 saturated carbocycles. The number of amides is 1. The Hall–Kier alpha value is -1.62. The van der Waals surface area contributed by atoms with Crippen LogP contribution >= 0.6 is 0 Å². The summed E-state index contributed by atoms with van der Waals surface area (Å²) in [6.07, 6.45) is 2.75. The highest BCUT2D eigenvalue weighted by atomic mass is 16.2. The van der Waals surface area contributed by atoms with Gasteiger partial charge in [-0.3, -0.25) is 9.78 Å². The van der Waals surface area contributed by atoms with E-state index in [2.05, 4.69) is 29.3 Å². The third-order valence-electron chi connectivity index (χ3n) is 3.14. The van der Waals surface area contributed by atoms with Crippen LogP contribution in [-0.2, 0) is 0 Å². The summed E-state index contributed by atoms with van der Waals surface area (Å²) in [5.41, 5.74) is 1.46. The molecule has 0 unspecified atom stereocenters. The van der Waals surface area contributed by atoms with Crippen LogP contribution in [0.1, 0.15) is 30.8 Å². The van der Waals surface area contributed by atoms with Crippen LogP contribution < -0.4 is 5.32 Å². The van der Waals surface area contributed by atoms with Crippen LogP contribution in [0.15, 0.2) is 18.3 Å². The van der Waals surface area contributed by atoms with Crippen LogP contribution in [0.25, 0.3) is 0 Å². The Labute approximate surface area is 122 Å². The molecule has 1 amide bonds. The monoisotopic (exact) mass is 278 g/mol. The SMILES string of the molecule is CCN(CC)C(=O)c1cc(NCCCN(C)C)ccn1. The number of aromatic nitrogens is 1. The van der Waals surface area contributed by atoms with Gasteiger partial charge < -0.3 is 15.1 Å². The number of anilines is 1. The van der Waals surface area contributed by atoms with Crippen molar-refractivity contribution in [3.8, 4) is 0 Å². The highest BCUT2D eigenvalue weighted by Crippen LogP contribution is 2.10. The van der Waals surface area contributed by atoms with Crippen LogP contribution in [0.2, 0.25) is 0 Å². The number of nitrogens with one attached hydrogen (secondary N) is 1. The molecule has 1 aromatic heterocycles. The van der Waals surface area contributed by atoms with Crippen molar-refractivity contribution in [2.45, 2.75) is 20.3 Å². The number of rotatable bonds is 8. The van der Waals surface area contributed by atoms with Crippen molar-refractivity contribution in [3.63, 3.8) is 0 Å². The molecule has 1 heterocycles. The van der Waals surface area contributed by atoms with E-state index in [9.17, 15) is 4.79 Å². The first-order chi connectivity index (χ1) is 9.58. The lowest BCUT2D eigenvalue weighted by atomic mass is 10.2. The minimum absolute atomic E-state index is 0.00746. The Morgan fingerprint density at radius 3 is 2.60 bits per heavy atom. The summed E-state index contributed by atoms with van der Waals surface area (Å²) in [4.78, 5) is 20.3.